The number of carbonyl (C=O) groups excluding carboxylic acids is 2. The minimum Gasteiger partial charge on any atom is -0.475 e. The second-order valence-corrected chi connectivity index (χ2v) is 7.77. The maximum atomic E-state index is 12.5. The van der Waals surface area contributed by atoms with Crippen LogP contribution in [0.1, 0.15) is 36.0 Å². The first kappa shape index (κ1) is 25.4. The van der Waals surface area contributed by atoms with Gasteiger partial charge in [-0.1, -0.05) is 0 Å². The third kappa shape index (κ3) is 7.36. The molecular formula is C20H27F3N4O5. The molecule has 1 unspecified atom stereocenters. The van der Waals surface area contributed by atoms with Crippen molar-refractivity contribution in [1.82, 2.24) is 20.5 Å². The standard InChI is InChI=1S/C18H26N4O3.C2HF3O2/c1-19-17(24)21-12-15-4-5-18(13-25-15)6-9-22(10-7-18)16(23)14-3-2-8-20-11-14;3-2(4,5)1(6)7/h2-3,8,11,15H,4-7,9-10,12-13H2,1H3,(H2,19,21,24);(H,6,7). The number of nitrogens with zero attached hydrogens (tertiary/aromatic N) is 2. The molecule has 1 spiro atoms. The van der Waals surface area contributed by atoms with Crippen LogP contribution in [-0.4, -0.2) is 78.5 Å². The first-order valence-corrected chi connectivity index (χ1v) is 10.1. The van der Waals surface area contributed by atoms with Crippen LogP contribution >= 0.6 is 0 Å². The van der Waals surface area contributed by atoms with Crippen molar-refractivity contribution in [3.05, 3.63) is 30.1 Å². The number of urea groups is 1. The van der Waals surface area contributed by atoms with Crippen molar-refractivity contribution >= 4 is 17.9 Å². The summed E-state index contributed by atoms with van der Waals surface area (Å²) in [5.41, 5.74) is 0.827. The molecule has 0 bridgehead atoms. The minimum absolute atomic E-state index is 0.0623. The van der Waals surface area contributed by atoms with Crippen LogP contribution in [0, 0.1) is 5.41 Å². The van der Waals surface area contributed by atoms with E-state index in [4.69, 9.17) is 14.6 Å². The summed E-state index contributed by atoms with van der Waals surface area (Å²) in [5.74, 6) is -2.69. The van der Waals surface area contributed by atoms with Crippen LogP contribution in [0.2, 0.25) is 0 Å². The number of piperidine rings is 1. The number of pyridine rings is 1. The van der Waals surface area contributed by atoms with Gasteiger partial charge in [-0.2, -0.15) is 13.2 Å². The van der Waals surface area contributed by atoms with E-state index >= 15 is 0 Å². The summed E-state index contributed by atoms with van der Waals surface area (Å²) in [6.07, 6.45) is 2.26. The Morgan fingerprint density at radius 1 is 1.28 bits per heavy atom. The molecule has 178 valence electrons. The summed E-state index contributed by atoms with van der Waals surface area (Å²) >= 11 is 0. The molecular weight excluding hydrogens is 433 g/mol. The Hall–Kier alpha value is -2.89. The van der Waals surface area contributed by atoms with Gasteiger partial charge in [0.15, 0.2) is 0 Å². The Labute approximate surface area is 183 Å². The zero-order valence-electron chi connectivity index (χ0n) is 17.7. The van der Waals surface area contributed by atoms with E-state index in [9.17, 15) is 22.8 Å². The summed E-state index contributed by atoms with van der Waals surface area (Å²) in [5, 5.41) is 12.5. The molecule has 2 aliphatic rings. The van der Waals surface area contributed by atoms with Crippen molar-refractivity contribution in [1.29, 1.82) is 0 Å². The largest absolute Gasteiger partial charge is 0.490 e. The molecule has 12 heteroatoms. The fourth-order valence-electron chi connectivity index (χ4n) is 3.62. The maximum Gasteiger partial charge on any atom is 0.490 e. The Morgan fingerprint density at radius 3 is 2.41 bits per heavy atom. The fraction of sp³-hybridized carbons (Fsp3) is 0.600. The van der Waals surface area contributed by atoms with Gasteiger partial charge < -0.3 is 25.4 Å². The van der Waals surface area contributed by atoms with E-state index in [0.717, 1.165) is 38.8 Å². The van der Waals surface area contributed by atoms with Crippen molar-refractivity contribution in [3.63, 3.8) is 0 Å². The number of hydrogen-bond donors (Lipinski definition) is 3. The smallest absolute Gasteiger partial charge is 0.475 e. The van der Waals surface area contributed by atoms with E-state index in [1.54, 1.807) is 25.5 Å². The zero-order valence-corrected chi connectivity index (χ0v) is 17.7. The molecule has 3 N–H and O–H groups in total. The number of aliphatic carboxylic acids is 1. The summed E-state index contributed by atoms with van der Waals surface area (Å²) in [6, 6.07) is 3.43. The molecule has 0 aliphatic carbocycles. The highest BCUT2D eigenvalue weighted by Crippen LogP contribution is 2.40. The van der Waals surface area contributed by atoms with Crippen molar-refractivity contribution in [2.45, 2.75) is 38.0 Å². The highest BCUT2D eigenvalue weighted by atomic mass is 19.4. The molecule has 3 rings (SSSR count). The number of hydrogen-bond acceptors (Lipinski definition) is 5. The number of carboxylic acids is 1. The van der Waals surface area contributed by atoms with Crippen LogP contribution in [0.4, 0.5) is 18.0 Å². The average molecular weight is 460 g/mol. The average Bonchev–Trinajstić information content (AvgIpc) is 2.79. The van der Waals surface area contributed by atoms with E-state index in [2.05, 4.69) is 15.6 Å². The second kappa shape index (κ2) is 11.1. The fourth-order valence-corrected chi connectivity index (χ4v) is 3.62. The predicted molar refractivity (Wildman–Crippen MR) is 107 cm³/mol. The van der Waals surface area contributed by atoms with E-state index in [1.807, 2.05) is 11.0 Å². The quantitative estimate of drug-likeness (QED) is 0.635. The lowest BCUT2D eigenvalue weighted by Crippen LogP contribution is -2.49. The summed E-state index contributed by atoms with van der Waals surface area (Å²) in [4.78, 5) is 38.6. The first-order chi connectivity index (χ1) is 15.1. The number of carbonyl (C=O) groups is 3. The lowest BCUT2D eigenvalue weighted by atomic mass is 9.73. The lowest BCUT2D eigenvalue weighted by Gasteiger charge is -2.45. The predicted octanol–water partition coefficient (Wildman–Crippen LogP) is 2.05. The summed E-state index contributed by atoms with van der Waals surface area (Å²) in [6.45, 7) is 2.78. The number of aromatic nitrogens is 1. The van der Waals surface area contributed by atoms with E-state index in [-0.39, 0.29) is 23.5 Å². The third-order valence-corrected chi connectivity index (χ3v) is 5.60. The van der Waals surface area contributed by atoms with Gasteiger partial charge in [0.25, 0.3) is 5.91 Å². The number of ether oxygens (including phenoxy) is 1. The molecule has 1 aromatic heterocycles. The van der Waals surface area contributed by atoms with Gasteiger partial charge >= 0.3 is 18.2 Å². The van der Waals surface area contributed by atoms with Crippen LogP contribution in [0.3, 0.4) is 0 Å². The van der Waals surface area contributed by atoms with E-state index in [0.29, 0.717) is 18.7 Å². The van der Waals surface area contributed by atoms with Crippen LogP contribution in [0.5, 0.6) is 0 Å². The van der Waals surface area contributed by atoms with Crippen molar-refractivity contribution in [3.8, 4) is 0 Å². The number of likely N-dealkylation sites (tertiary alicyclic amines) is 1. The number of alkyl halides is 3. The van der Waals surface area contributed by atoms with Crippen molar-refractivity contribution in [2.24, 2.45) is 5.41 Å². The Morgan fingerprint density at radius 2 is 1.94 bits per heavy atom. The minimum atomic E-state index is -5.08. The van der Waals surface area contributed by atoms with Gasteiger partial charge in [-0.05, 0) is 43.2 Å². The number of nitrogens with one attached hydrogen (secondary N) is 2. The normalized spacial score (nSPS) is 20.0. The Balaban J connectivity index is 0.000000451. The first-order valence-electron chi connectivity index (χ1n) is 10.1. The molecule has 0 aromatic carbocycles. The van der Waals surface area contributed by atoms with Crippen LogP contribution < -0.4 is 10.6 Å². The van der Waals surface area contributed by atoms with Gasteiger partial charge in [-0.25, -0.2) is 9.59 Å². The van der Waals surface area contributed by atoms with Crippen LogP contribution in [-0.2, 0) is 9.53 Å². The molecule has 2 saturated heterocycles. The highest BCUT2D eigenvalue weighted by molar-refractivity contribution is 5.93. The molecule has 2 aliphatic heterocycles. The van der Waals surface area contributed by atoms with Crippen LogP contribution in [0.15, 0.2) is 24.5 Å². The van der Waals surface area contributed by atoms with E-state index in [1.165, 1.54) is 0 Å². The van der Waals surface area contributed by atoms with Gasteiger partial charge in [0.1, 0.15) is 0 Å². The van der Waals surface area contributed by atoms with E-state index < -0.39 is 12.1 Å². The Kier molecular flexibility index (Phi) is 8.81. The monoisotopic (exact) mass is 460 g/mol. The van der Waals surface area contributed by atoms with Gasteiger partial charge in [0, 0.05) is 39.1 Å². The molecule has 1 aromatic rings. The number of amides is 3. The van der Waals surface area contributed by atoms with Gasteiger partial charge in [-0.15, -0.1) is 0 Å². The number of rotatable bonds is 3. The zero-order chi connectivity index (χ0) is 23.8. The molecule has 0 radical (unpaired) electrons. The topological polar surface area (TPSA) is 121 Å². The summed E-state index contributed by atoms with van der Waals surface area (Å²) < 4.78 is 37.7. The molecule has 32 heavy (non-hydrogen) atoms. The maximum absolute atomic E-state index is 12.5. The Bertz CT molecular complexity index is 773. The highest BCUT2D eigenvalue weighted by Gasteiger charge is 2.40. The molecule has 0 saturated carbocycles. The van der Waals surface area contributed by atoms with Crippen molar-refractivity contribution in [2.75, 3.05) is 33.3 Å². The van der Waals surface area contributed by atoms with Crippen molar-refractivity contribution < 1.29 is 37.4 Å². The van der Waals surface area contributed by atoms with Crippen LogP contribution in [0.25, 0.3) is 0 Å². The summed E-state index contributed by atoms with van der Waals surface area (Å²) in [7, 11) is 1.60. The molecule has 1 atom stereocenters. The van der Waals surface area contributed by atoms with Gasteiger partial charge in [0.05, 0.1) is 18.3 Å². The molecule has 3 amide bonds. The second-order valence-electron chi connectivity index (χ2n) is 7.77. The lowest BCUT2D eigenvalue weighted by molar-refractivity contribution is -0.192. The number of carboxylic acid groups (broad SMARTS) is 1. The molecule has 9 nitrogen and oxygen atoms in total. The van der Waals surface area contributed by atoms with Gasteiger partial charge in [-0.3, -0.25) is 9.78 Å². The molecule has 3 heterocycles. The number of halogens is 3. The molecule has 2 fully saturated rings. The van der Waals surface area contributed by atoms with Gasteiger partial charge in [0.2, 0.25) is 0 Å². The SMILES string of the molecule is CNC(=O)NCC1CCC2(CCN(C(=O)c3cccnc3)CC2)CO1.O=C(O)C(F)(F)F. The third-order valence-electron chi connectivity index (χ3n) is 5.60.